The molecule has 2 aromatic carbocycles. The number of carbonyl (C=O) groups is 1. The Labute approximate surface area is 201 Å². The Morgan fingerprint density at radius 2 is 1.88 bits per heavy atom. The summed E-state index contributed by atoms with van der Waals surface area (Å²) in [7, 11) is 0. The first-order valence-corrected chi connectivity index (χ1v) is 12.0. The van der Waals surface area contributed by atoms with Gasteiger partial charge in [-0.15, -0.1) is 0 Å². The summed E-state index contributed by atoms with van der Waals surface area (Å²) >= 11 is 0. The van der Waals surface area contributed by atoms with E-state index in [2.05, 4.69) is 30.7 Å². The third-order valence-corrected chi connectivity index (χ3v) is 6.23. The van der Waals surface area contributed by atoms with E-state index in [1.807, 2.05) is 56.3 Å². The summed E-state index contributed by atoms with van der Waals surface area (Å²) in [5.41, 5.74) is 2.97. The van der Waals surface area contributed by atoms with Gasteiger partial charge in [0.1, 0.15) is 11.5 Å². The topological polar surface area (TPSA) is 85.6 Å². The Balaban J connectivity index is 1.71. The molecule has 0 spiro atoms. The van der Waals surface area contributed by atoms with Gasteiger partial charge in [0.15, 0.2) is 6.61 Å². The third kappa shape index (κ3) is 5.64. The van der Waals surface area contributed by atoms with Gasteiger partial charge in [0.05, 0.1) is 17.1 Å². The summed E-state index contributed by atoms with van der Waals surface area (Å²) in [6.07, 6.45) is 3.48. The zero-order valence-electron chi connectivity index (χ0n) is 20.7. The fourth-order valence-electron chi connectivity index (χ4n) is 5.28. The van der Waals surface area contributed by atoms with E-state index in [9.17, 15) is 4.79 Å². The highest BCUT2D eigenvalue weighted by Crippen LogP contribution is 2.46. The summed E-state index contributed by atoms with van der Waals surface area (Å²) < 4.78 is 13.5. The molecule has 34 heavy (non-hydrogen) atoms. The minimum Gasteiger partial charge on any atom is -0.491 e. The maximum Gasteiger partial charge on any atom is 0.341 e. The van der Waals surface area contributed by atoms with E-state index in [4.69, 9.17) is 19.6 Å². The van der Waals surface area contributed by atoms with Crippen LogP contribution in [0, 0.1) is 11.3 Å². The van der Waals surface area contributed by atoms with Crippen LogP contribution in [0.1, 0.15) is 59.9 Å². The van der Waals surface area contributed by atoms with Crippen LogP contribution in [-0.2, 0) is 4.79 Å². The number of aliphatic carboxylic acids is 1. The predicted molar refractivity (Wildman–Crippen MR) is 134 cm³/mol. The van der Waals surface area contributed by atoms with Crippen molar-refractivity contribution in [2.75, 3.05) is 11.9 Å². The largest absolute Gasteiger partial charge is 0.491 e. The number of fused-ring (bicyclic) bond motifs is 1. The van der Waals surface area contributed by atoms with E-state index in [0.717, 1.165) is 41.3 Å². The van der Waals surface area contributed by atoms with Gasteiger partial charge in [-0.2, -0.15) is 0 Å². The number of anilines is 2. The van der Waals surface area contributed by atoms with Crippen molar-refractivity contribution >= 4 is 28.6 Å². The smallest absolute Gasteiger partial charge is 0.341 e. The molecule has 0 bridgehead atoms. The van der Waals surface area contributed by atoms with E-state index < -0.39 is 5.97 Å². The first-order chi connectivity index (χ1) is 16.1. The lowest BCUT2D eigenvalue weighted by atomic mass is 9.70. The molecule has 2 atom stereocenters. The van der Waals surface area contributed by atoms with Crippen LogP contribution in [0.3, 0.4) is 0 Å². The van der Waals surface area contributed by atoms with Gasteiger partial charge in [-0.05, 0) is 80.8 Å². The molecule has 0 amide bonds. The molecule has 1 saturated carbocycles. The Hall–Kier alpha value is -3.22. The molecular formula is C27H35N3O4. The van der Waals surface area contributed by atoms with Gasteiger partial charge in [-0.3, -0.25) is 0 Å². The molecule has 1 fully saturated rings. The molecule has 7 nitrogen and oxygen atoms in total. The lowest BCUT2D eigenvalue weighted by Gasteiger charge is -2.40. The van der Waals surface area contributed by atoms with Crippen molar-refractivity contribution in [2.24, 2.45) is 11.3 Å². The van der Waals surface area contributed by atoms with Crippen molar-refractivity contribution in [3.63, 3.8) is 0 Å². The molecule has 0 aliphatic heterocycles. The normalized spacial score (nSPS) is 19.8. The highest BCUT2D eigenvalue weighted by molar-refractivity contribution is 5.81. The van der Waals surface area contributed by atoms with E-state index in [1.165, 1.54) is 6.42 Å². The van der Waals surface area contributed by atoms with Gasteiger partial charge in [-0.25, -0.2) is 9.78 Å². The lowest BCUT2D eigenvalue weighted by molar-refractivity contribution is -0.139. The van der Waals surface area contributed by atoms with Gasteiger partial charge in [0.2, 0.25) is 5.95 Å². The van der Waals surface area contributed by atoms with Gasteiger partial charge < -0.3 is 24.5 Å². The number of carboxylic acid groups (broad SMARTS) is 1. The number of hydrogen-bond acceptors (Lipinski definition) is 5. The van der Waals surface area contributed by atoms with E-state index in [0.29, 0.717) is 17.7 Å². The molecular weight excluding hydrogens is 430 g/mol. The standard InChI is InChI=1S/C27H35N3O4/c1-17(2)34-21-8-6-19(7-9-21)28-26-29-23-13-22(33-16-25(31)32)10-11-24(23)30(26)20-12-18(3)14-27(4,5)15-20/h6-11,13,17-18,20H,12,14-16H2,1-5H3,(H,28,29)(H,31,32)/t18-,20+/m1/s1. The van der Waals surface area contributed by atoms with Crippen LogP contribution in [-0.4, -0.2) is 33.3 Å². The average Bonchev–Trinajstić information content (AvgIpc) is 3.09. The van der Waals surface area contributed by atoms with Gasteiger partial charge in [-0.1, -0.05) is 20.8 Å². The molecule has 182 valence electrons. The third-order valence-electron chi connectivity index (χ3n) is 6.23. The van der Waals surface area contributed by atoms with Crippen LogP contribution in [0.5, 0.6) is 11.5 Å². The van der Waals surface area contributed by atoms with Crippen molar-refractivity contribution in [3.05, 3.63) is 42.5 Å². The first-order valence-electron chi connectivity index (χ1n) is 12.0. The Morgan fingerprint density at radius 1 is 1.18 bits per heavy atom. The molecule has 4 rings (SSSR count). The number of carboxylic acids is 1. The number of benzene rings is 2. The Morgan fingerprint density at radius 3 is 2.53 bits per heavy atom. The zero-order valence-corrected chi connectivity index (χ0v) is 20.7. The molecule has 1 heterocycles. The van der Waals surface area contributed by atoms with E-state index in [1.54, 1.807) is 0 Å². The minimum absolute atomic E-state index is 0.122. The molecule has 1 aliphatic carbocycles. The minimum atomic E-state index is -1.00. The Kier molecular flexibility index (Phi) is 6.73. The number of ether oxygens (including phenoxy) is 2. The highest BCUT2D eigenvalue weighted by atomic mass is 16.5. The van der Waals surface area contributed by atoms with Crippen molar-refractivity contribution in [3.8, 4) is 11.5 Å². The molecule has 0 radical (unpaired) electrons. The second-order valence-electron chi connectivity index (χ2n) is 10.5. The molecule has 2 N–H and O–H groups in total. The zero-order chi connectivity index (χ0) is 24.5. The lowest BCUT2D eigenvalue weighted by Crippen LogP contribution is -2.29. The fourth-order valence-corrected chi connectivity index (χ4v) is 5.28. The second-order valence-corrected chi connectivity index (χ2v) is 10.5. The summed E-state index contributed by atoms with van der Waals surface area (Å²) in [4.78, 5) is 15.8. The molecule has 0 saturated heterocycles. The molecule has 3 aromatic rings. The second kappa shape index (κ2) is 9.57. The van der Waals surface area contributed by atoms with Crippen molar-refractivity contribution in [2.45, 2.75) is 66.0 Å². The number of rotatable bonds is 8. The Bertz CT molecular complexity index is 1150. The van der Waals surface area contributed by atoms with Gasteiger partial charge >= 0.3 is 5.97 Å². The van der Waals surface area contributed by atoms with Crippen LogP contribution in [0.25, 0.3) is 11.0 Å². The van der Waals surface area contributed by atoms with Crippen molar-refractivity contribution in [1.29, 1.82) is 0 Å². The summed E-state index contributed by atoms with van der Waals surface area (Å²) in [5.74, 6) is 1.72. The van der Waals surface area contributed by atoms with E-state index in [-0.39, 0.29) is 18.1 Å². The molecule has 1 aliphatic rings. The van der Waals surface area contributed by atoms with E-state index >= 15 is 0 Å². The first kappa shape index (κ1) is 23.9. The maximum absolute atomic E-state index is 10.9. The summed E-state index contributed by atoms with van der Waals surface area (Å²) in [6, 6.07) is 13.8. The predicted octanol–water partition coefficient (Wildman–Crippen LogP) is 6.42. The van der Waals surface area contributed by atoms with Crippen LogP contribution in [0.2, 0.25) is 0 Å². The highest BCUT2D eigenvalue weighted by Gasteiger charge is 2.34. The number of nitrogens with zero attached hydrogens (tertiary/aromatic N) is 2. The summed E-state index contributed by atoms with van der Waals surface area (Å²) in [5, 5.41) is 12.5. The van der Waals surface area contributed by atoms with Crippen molar-refractivity contribution in [1.82, 2.24) is 9.55 Å². The van der Waals surface area contributed by atoms with Crippen LogP contribution in [0.15, 0.2) is 42.5 Å². The monoisotopic (exact) mass is 465 g/mol. The summed E-state index contributed by atoms with van der Waals surface area (Å²) in [6.45, 7) is 10.6. The quantitative estimate of drug-likeness (QED) is 0.399. The van der Waals surface area contributed by atoms with Crippen molar-refractivity contribution < 1.29 is 19.4 Å². The number of imidazole rings is 1. The fraction of sp³-hybridized carbons (Fsp3) is 0.481. The van der Waals surface area contributed by atoms with Crippen LogP contribution < -0.4 is 14.8 Å². The molecule has 1 aromatic heterocycles. The number of hydrogen-bond donors (Lipinski definition) is 2. The molecule has 0 unspecified atom stereocenters. The molecule has 7 heteroatoms. The SMILES string of the molecule is CC(C)Oc1ccc(Nc2nc3cc(OCC(=O)O)ccc3n2[C@H]2C[C@@H](C)CC(C)(C)C2)cc1. The number of aromatic nitrogens is 2. The van der Waals surface area contributed by atoms with Gasteiger partial charge in [0.25, 0.3) is 0 Å². The average molecular weight is 466 g/mol. The number of nitrogens with one attached hydrogen (secondary N) is 1. The maximum atomic E-state index is 10.9. The van der Waals surface area contributed by atoms with Crippen LogP contribution in [0.4, 0.5) is 11.6 Å². The van der Waals surface area contributed by atoms with Gasteiger partial charge in [0, 0.05) is 17.8 Å². The van der Waals surface area contributed by atoms with Crippen LogP contribution >= 0.6 is 0 Å².